The molecular weight excluding hydrogens is 610 g/mol. The van der Waals surface area contributed by atoms with Gasteiger partial charge in [0, 0.05) is 57.2 Å². The van der Waals surface area contributed by atoms with Crippen LogP contribution in [0, 0.1) is 5.92 Å². The molecule has 0 bridgehead atoms. The average Bonchev–Trinajstić information content (AvgIpc) is 3.49. The third-order valence-corrected chi connectivity index (χ3v) is 9.35. The Bertz CT molecular complexity index is 1580. The first-order valence-corrected chi connectivity index (χ1v) is 17.0. The number of carbonyl (C=O) groups excluding carboxylic acids is 2. The van der Waals surface area contributed by atoms with Crippen LogP contribution in [0.5, 0.6) is 5.75 Å². The lowest BCUT2D eigenvalue weighted by atomic mass is 10.0. The summed E-state index contributed by atoms with van der Waals surface area (Å²) in [7, 11) is -0.618. The lowest BCUT2D eigenvalue weighted by Gasteiger charge is -2.36. The normalized spacial score (nSPS) is 20.6. The predicted octanol–water partition coefficient (Wildman–Crippen LogP) is 3.79. The summed E-state index contributed by atoms with van der Waals surface area (Å²) in [4.78, 5) is 34.6. The van der Waals surface area contributed by atoms with Gasteiger partial charge in [-0.2, -0.15) is 8.42 Å². The van der Waals surface area contributed by atoms with Gasteiger partial charge >= 0.3 is 0 Å². The molecule has 2 aromatic carbocycles. The first kappa shape index (κ1) is 34.9. The number of aliphatic hydroxyl groups excluding tert-OH is 1. The summed E-state index contributed by atoms with van der Waals surface area (Å²) in [6, 6.07) is 13.1. The van der Waals surface area contributed by atoms with Crippen molar-refractivity contribution in [3.63, 3.8) is 0 Å². The average molecular weight is 656 g/mol. The Morgan fingerprint density at radius 1 is 1.17 bits per heavy atom. The van der Waals surface area contributed by atoms with E-state index in [-0.39, 0.29) is 47.4 Å². The number of nitrogens with one attached hydrogen (secondary N) is 1. The van der Waals surface area contributed by atoms with Crippen LogP contribution in [0.2, 0.25) is 0 Å². The van der Waals surface area contributed by atoms with Crippen LogP contribution in [0.15, 0.2) is 66.1 Å². The zero-order chi connectivity index (χ0) is 33.4. The maximum absolute atomic E-state index is 14.3. The SMILES string of the molecule is C[C@@H]1CN([C@@H](C)CO)C(=O)c2cc(NS(=O)(=O)c3cn(C)cn3)ccc2O[C@@H](C)CCCCO[C@@H]1CN(C)C(=O)c1ccccc1. The van der Waals surface area contributed by atoms with Gasteiger partial charge in [0.25, 0.3) is 21.8 Å². The molecular formula is C33H45N5O7S. The zero-order valence-corrected chi connectivity index (χ0v) is 27.9. The monoisotopic (exact) mass is 655 g/mol. The molecule has 0 fully saturated rings. The fourth-order valence-corrected chi connectivity index (χ4v) is 6.37. The summed E-state index contributed by atoms with van der Waals surface area (Å²) in [6.07, 6.45) is 4.44. The Labute approximate surface area is 271 Å². The third-order valence-electron chi connectivity index (χ3n) is 8.08. The lowest BCUT2D eigenvalue weighted by Crippen LogP contribution is -2.48. The quantitative estimate of drug-likeness (QED) is 0.373. The molecule has 1 aliphatic rings. The second kappa shape index (κ2) is 15.6. The maximum Gasteiger partial charge on any atom is 0.280 e. The highest BCUT2D eigenvalue weighted by Gasteiger charge is 2.31. The Hall–Kier alpha value is -3.94. The molecule has 2 N–H and O–H groups in total. The van der Waals surface area contributed by atoms with E-state index in [4.69, 9.17) is 9.47 Å². The Morgan fingerprint density at radius 2 is 1.91 bits per heavy atom. The van der Waals surface area contributed by atoms with Crippen molar-refractivity contribution < 1.29 is 32.6 Å². The molecule has 13 heteroatoms. The number of fused-ring (bicyclic) bond motifs is 1. The summed E-state index contributed by atoms with van der Waals surface area (Å²) in [5.41, 5.74) is 0.901. The Kier molecular flexibility index (Phi) is 11.8. The van der Waals surface area contributed by atoms with Crippen molar-refractivity contribution in [1.82, 2.24) is 19.4 Å². The molecule has 2 heterocycles. The summed E-state index contributed by atoms with van der Waals surface area (Å²) in [5.74, 6) is -0.479. The van der Waals surface area contributed by atoms with Crippen LogP contribution in [-0.2, 0) is 21.8 Å². The molecule has 0 aliphatic carbocycles. The molecule has 0 saturated carbocycles. The van der Waals surface area contributed by atoms with Crippen LogP contribution >= 0.6 is 0 Å². The molecule has 4 atom stereocenters. The molecule has 3 aromatic rings. The van der Waals surface area contributed by atoms with Crippen molar-refractivity contribution in [1.29, 1.82) is 0 Å². The molecule has 4 rings (SSSR count). The van der Waals surface area contributed by atoms with E-state index < -0.39 is 28.1 Å². The Balaban J connectivity index is 1.66. The smallest absolute Gasteiger partial charge is 0.280 e. The number of carbonyl (C=O) groups is 2. The van der Waals surface area contributed by atoms with Gasteiger partial charge in [-0.25, -0.2) is 4.98 Å². The minimum absolute atomic E-state index is 0.131. The second-order valence-electron chi connectivity index (χ2n) is 12.0. The first-order valence-electron chi connectivity index (χ1n) is 15.5. The van der Waals surface area contributed by atoms with Crippen molar-refractivity contribution >= 4 is 27.5 Å². The highest BCUT2D eigenvalue weighted by molar-refractivity contribution is 7.92. The van der Waals surface area contributed by atoms with E-state index in [0.717, 1.165) is 12.8 Å². The number of sulfonamides is 1. The molecule has 1 aliphatic heterocycles. The number of hydrogen-bond donors (Lipinski definition) is 2. The summed E-state index contributed by atoms with van der Waals surface area (Å²) < 4.78 is 42.7. The standard InChI is InChI=1S/C33H45N5O7S/c1-23-18-38(24(2)21-39)33(41)28-17-27(35-46(42,43)31-20-36(4)22-34-31)14-15-29(28)45-25(3)11-9-10-16-44-30(23)19-37(5)32(40)26-12-7-6-8-13-26/h6-8,12-15,17,20,22-25,30,35,39H,9-11,16,18-19,21H2,1-5H3/t23-,24+,25+,30-/m1/s1. The van der Waals surface area contributed by atoms with Crippen LogP contribution in [0.25, 0.3) is 0 Å². The predicted molar refractivity (Wildman–Crippen MR) is 174 cm³/mol. The third kappa shape index (κ3) is 8.86. The number of aromatic nitrogens is 2. The molecule has 0 spiro atoms. The number of anilines is 1. The molecule has 250 valence electrons. The highest BCUT2D eigenvalue weighted by Crippen LogP contribution is 2.29. The minimum Gasteiger partial charge on any atom is -0.490 e. The fourth-order valence-electron chi connectivity index (χ4n) is 5.34. The topological polar surface area (TPSA) is 143 Å². The molecule has 2 amide bonds. The van der Waals surface area contributed by atoms with E-state index in [1.165, 1.54) is 23.2 Å². The van der Waals surface area contributed by atoms with Crippen molar-refractivity contribution in [2.45, 2.75) is 63.3 Å². The highest BCUT2D eigenvalue weighted by atomic mass is 32.2. The molecule has 0 unspecified atom stereocenters. The van der Waals surface area contributed by atoms with Crippen LogP contribution in [0.1, 0.15) is 60.7 Å². The largest absolute Gasteiger partial charge is 0.490 e. The second-order valence-corrected chi connectivity index (χ2v) is 13.7. The first-order chi connectivity index (χ1) is 21.9. The van der Waals surface area contributed by atoms with Gasteiger partial charge in [-0.05, 0) is 63.4 Å². The summed E-state index contributed by atoms with van der Waals surface area (Å²) in [5, 5.41) is 10.0. The molecule has 46 heavy (non-hydrogen) atoms. The van der Waals surface area contributed by atoms with Gasteiger partial charge < -0.3 is 28.9 Å². The van der Waals surface area contributed by atoms with Crippen LogP contribution in [0.4, 0.5) is 5.69 Å². The zero-order valence-electron chi connectivity index (χ0n) is 27.1. The van der Waals surface area contributed by atoms with E-state index in [0.29, 0.717) is 30.9 Å². The van der Waals surface area contributed by atoms with Crippen molar-refractivity contribution in [2.24, 2.45) is 13.0 Å². The number of amides is 2. The van der Waals surface area contributed by atoms with Crippen LogP contribution in [0.3, 0.4) is 0 Å². The number of ether oxygens (including phenoxy) is 2. The maximum atomic E-state index is 14.3. The van der Waals surface area contributed by atoms with Crippen LogP contribution in [-0.4, -0.2) is 96.3 Å². The van der Waals surface area contributed by atoms with Gasteiger partial charge in [-0.15, -0.1) is 0 Å². The van der Waals surface area contributed by atoms with E-state index in [2.05, 4.69) is 9.71 Å². The number of rotatable bonds is 8. The van der Waals surface area contributed by atoms with Gasteiger partial charge in [-0.3, -0.25) is 14.3 Å². The number of benzene rings is 2. The number of likely N-dealkylation sites (N-methyl/N-ethyl adjacent to an activating group) is 1. The number of aliphatic hydroxyl groups is 1. The van der Waals surface area contributed by atoms with Crippen LogP contribution < -0.4 is 9.46 Å². The summed E-state index contributed by atoms with van der Waals surface area (Å²) in [6.45, 7) is 6.31. The summed E-state index contributed by atoms with van der Waals surface area (Å²) >= 11 is 0. The van der Waals surface area contributed by atoms with Crippen molar-refractivity contribution in [3.05, 3.63) is 72.2 Å². The van der Waals surface area contributed by atoms with Gasteiger partial charge in [0.15, 0.2) is 5.03 Å². The molecule has 1 aromatic heterocycles. The van der Waals surface area contributed by atoms with Gasteiger partial charge in [0.2, 0.25) is 0 Å². The lowest BCUT2D eigenvalue weighted by molar-refractivity contribution is -0.0149. The van der Waals surface area contributed by atoms with Crippen molar-refractivity contribution in [2.75, 3.05) is 38.1 Å². The van der Waals surface area contributed by atoms with E-state index in [9.17, 15) is 23.1 Å². The van der Waals surface area contributed by atoms with Gasteiger partial charge in [0.05, 0.1) is 36.7 Å². The van der Waals surface area contributed by atoms with E-state index in [1.807, 2.05) is 32.0 Å². The molecule has 0 saturated heterocycles. The molecule has 12 nitrogen and oxygen atoms in total. The van der Waals surface area contributed by atoms with E-state index in [1.54, 1.807) is 55.1 Å². The number of imidazole rings is 1. The fraction of sp³-hybridized carbons (Fsp3) is 0.485. The minimum atomic E-state index is -4.02. The number of hydrogen-bond acceptors (Lipinski definition) is 8. The van der Waals surface area contributed by atoms with Gasteiger partial charge in [-0.1, -0.05) is 25.1 Å². The van der Waals surface area contributed by atoms with Crippen molar-refractivity contribution in [3.8, 4) is 5.75 Å². The van der Waals surface area contributed by atoms with E-state index >= 15 is 0 Å². The molecule has 0 radical (unpaired) electrons. The van der Waals surface area contributed by atoms with Gasteiger partial charge in [0.1, 0.15) is 5.75 Å². The number of aryl methyl sites for hydroxylation is 1. The number of nitrogens with zero attached hydrogens (tertiary/aromatic N) is 4. The Morgan fingerprint density at radius 3 is 2.59 bits per heavy atom.